The SMILES string of the molecule is CCOC(=O)C1=CC(=C(c2ccccc2)c2ccccc2)C(C#N)(C#N)C1c1ccccc1. The van der Waals surface area contributed by atoms with Gasteiger partial charge >= 0.3 is 5.97 Å². The topological polar surface area (TPSA) is 73.9 Å². The van der Waals surface area contributed by atoms with Crippen molar-refractivity contribution in [2.45, 2.75) is 12.8 Å². The van der Waals surface area contributed by atoms with Gasteiger partial charge in [-0.1, -0.05) is 91.0 Å². The Bertz CT molecular complexity index is 1240. The lowest BCUT2D eigenvalue weighted by molar-refractivity contribution is -0.138. The van der Waals surface area contributed by atoms with Gasteiger partial charge < -0.3 is 4.74 Å². The molecule has 160 valence electrons. The van der Waals surface area contributed by atoms with Crippen molar-refractivity contribution in [3.05, 3.63) is 125 Å². The molecule has 33 heavy (non-hydrogen) atoms. The fourth-order valence-corrected chi connectivity index (χ4v) is 4.44. The van der Waals surface area contributed by atoms with Crippen LogP contribution in [-0.2, 0) is 9.53 Å². The molecule has 4 heteroatoms. The minimum absolute atomic E-state index is 0.201. The van der Waals surface area contributed by atoms with E-state index in [-0.39, 0.29) is 6.61 Å². The first kappa shape index (κ1) is 21.8. The smallest absolute Gasteiger partial charge is 0.334 e. The highest BCUT2D eigenvalue weighted by molar-refractivity contribution is 5.97. The Balaban J connectivity index is 2.10. The Morgan fingerprint density at radius 2 is 1.33 bits per heavy atom. The van der Waals surface area contributed by atoms with E-state index in [1.54, 1.807) is 13.0 Å². The Labute approximate surface area is 193 Å². The van der Waals surface area contributed by atoms with E-state index in [4.69, 9.17) is 4.74 Å². The number of hydrogen-bond acceptors (Lipinski definition) is 4. The molecule has 0 aromatic heterocycles. The molecule has 0 saturated carbocycles. The van der Waals surface area contributed by atoms with Crippen molar-refractivity contribution in [1.29, 1.82) is 10.5 Å². The molecule has 0 radical (unpaired) electrons. The fourth-order valence-electron chi connectivity index (χ4n) is 4.44. The number of benzene rings is 3. The highest BCUT2D eigenvalue weighted by Crippen LogP contribution is 2.55. The number of ether oxygens (including phenoxy) is 1. The van der Waals surface area contributed by atoms with E-state index in [0.29, 0.717) is 11.1 Å². The molecule has 0 N–H and O–H groups in total. The molecule has 0 fully saturated rings. The quantitative estimate of drug-likeness (QED) is 0.479. The molecule has 0 amide bonds. The predicted octanol–water partition coefficient (Wildman–Crippen LogP) is 5.81. The van der Waals surface area contributed by atoms with Gasteiger partial charge in [0.25, 0.3) is 0 Å². The summed E-state index contributed by atoms with van der Waals surface area (Å²) in [5.74, 6) is -1.29. The number of rotatable bonds is 5. The van der Waals surface area contributed by atoms with E-state index < -0.39 is 17.3 Å². The second-order valence-electron chi connectivity index (χ2n) is 7.72. The predicted molar refractivity (Wildman–Crippen MR) is 126 cm³/mol. The van der Waals surface area contributed by atoms with Crippen LogP contribution in [0.5, 0.6) is 0 Å². The summed E-state index contributed by atoms with van der Waals surface area (Å²) in [6, 6.07) is 33.1. The maximum absolute atomic E-state index is 13.1. The minimum atomic E-state index is -1.61. The van der Waals surface area contributed by atoms with Crippen LogP contribution in [0.2, 0.25) is 0 Å². The van der Waals surface area contributed by atoms with Crippen molar-refractivity contribution in [2.75, 3.05) is 6.61 Å². The summed E-state index contributed by atoms with van der Waals surface area (Å²) in [6.45, 7) is 1.94. The third kappa shape index (κ3) is 3.84. The van der Waals surface area contributed by atoms with E-state index in [1.165, 1.54) is 0 Å². The van der Waals surface area contributed by atoms with Gasteiger partial charge in [-0.25, -0.2) is 4.79 Å². The monoisotopic (exact) mass is 430 g/mol. The lowest BCUT2D eigenvalue weighted by Crippen LogP contribution is -2.27. The number of nitrogens with zero attached hydrogens (tertiary/aromatic N) is 2. The molecule has 0 heterocycles. The standard InChI is InChI=1S/C29H22N2O2/c1-2-33-28(32)24-18-25(29(19-30,20-31)27(24)23-16-10-5-11-17-23)26(21-12-6-3-7-13-21)22-14-8-4-9-15-22/h3-18,27H,2H2,1H3. The summed E-state index contributed by atoms with van der Waals surface area (Å²) in [4.78, 5) is 13.1. The first-order valence-corrected chi connectivity index (χ1v) is 10.8. The van der Waals surface area contributed by atoms with Crippen molar-refractivity contribution in [3.8, 4) is 12.1 Å². The van der Waals surface area contributed by atoms with Gasteiger partial charge in [0.2, 0.25) is 0 Å². The van der Waals surface area contributed by atoms with Crippen LogP contribution in [0, 0.1) is 28.1 Å². The van der Waals surface area contributed by atoms with Crippen molar-refractivity contribution in [1.82, 2.24) is 0 Å². The van der Waals surface area contributed by atoms with Crippen molar-refractivity contribution in [2.24, 2.45) is 5.41 Å². The van der Waals surface area contributed by atoms with Crippen LogP contribution in [0.3, 0.4) is 0 Å². The van der Waals surface area contributed by atoms with Gasteiger partial charge in [-0.15, -0.1) is 0 Å². The molecule has 0 spiro atoms. The zero-order valence-electron chi connectivity index (χ0n) is 18.2. The molecular formula is C29H22N2O2. The van der Waals surface area contributed by atoms with E-state index >= 15 is 0 Å². The molecule has 1 aliphatic rings. The maximum Gasteiger partial charge on any atom is 0.334 e. The zero-order chi connectivity index (χ0) is 23.3. The van der Waals surface area contributed by atoms with Crippen LogP contribution in [0.4, 0.5) is 0 Å². The molecule has 4 rings (SSSR count). The van der Waals surface area contributed by atoms with Crippen molar-refractivity contribution >= 4 is 11.5 Å². The van der Waals surface area contributed by atoms with Crippen LogP contribution in [0.1, 0.15) is 29.5 Å². The molecule has 3 aromatic carbocycles. The Hall–Kier alpha value is -4.41. The maximum atomic E-state index is 13.1. The second kappa shape index (κ2) is 9.39. The van der Waals surface area contributed by atoms with E-state index in [0.717, 1.165) is 22.3 Å². The zero-order valence-corrected chi connectivity index (χ0v) is 18.2. The largest absolute Gasteiger partial charge is 0.463 e. The van der Waals surface area contributed by atoms with Gasteiger partial charge in [-0.05, 0) is 40.8 Å². The average Bonchev–Trinajstić information content (AvgIpc) is 3.21. The summed E-state index contributed by atoms with van der Waals surface area (Å²) in [6.07, 6.45) is 1.69. The van der Waals surface area contributed by atoms with Gasteiger partial charge in [0, 0.05) is 5.57 Å². The number of allylic oxidation sites excluding steroid dienone is 2. The summed E-state index contributed by atoms with van der Waals surface area (Å²) < 4.78 is 5.35. The molecule has 1 aliphatic carbocycles. The van der Waals surface area contributed by atoms with E-state index in [1.807, 2.05) is 91.0 Å². The third-order valence-electron chi connectivity index (χ3n) is 5.86. The van der Waals surface area contributed by atoms with Crippen molar-refractivity contribution in [3.63, 3.8) is 0 Å². The summed E-state index contributed by atoms with van der Waals surface area (Å²) >= 11 is 0. The van der Waals surface area contributed by atoms with E-state index in [2.05, 4.69) is 12.1 Å². The highest BCUT2D eigenvalue weighted by Gasteiger charge is 2.53. The van der Waals surface area contributed by atoms with Gasteiger partial charge in [0.05, 0.1) is 24.7 Å². The summed E-state index contributed by atoms with van der Waals surface area (Å²) in [7, 11) is 0. The lowest BCUT2D eigenvalue weighted by Gasteiger charge is -2.27. The minimum Gasteiger partial charge on any atom is -0.463 e. The van der Waals surface area contributed by atoms with Crippen LogP contribution < -0.4 is 0 Å². The van der Waals surface area contributed by atoms with Crippen LogP contribution in [-0.4, -0.2) is 12.6 Å². The molecule has 0 aliphatic heterocycles. The number of carbonyl (C=O) groups is 1. The van der Waals surface area contributed by atoms with Crippen molar-refractivity contribution < 1.29 is 9.53 Å². The molecule has 0 saturated heterocycles. The van der Waals surface area contributed by atoms with E-state index in [9.17, 15) is 15.3 Å². The highest BCUT2D eigenvalue weighted by atomic mass is 16.5. The third-order valence-corrected chi connectivity index (χ3v) is 5.86. The molecule has 1 unspecified atom stereocenters. The molecular weight excluding hydrogens is 408 g/mol. The Morgan fingerprint density at radius 3 is 1.79 bits per heavy atom. The number of hydrogen-bond donors (Lipinski definition) is 0. The molecule has 1 atom stereocenters. The Morgan fingerprint density at radius 1 is 0.848 bits per heavy atom. The normalized spacial score (nSPS) is 16.3. The van der Waals surface area contributed by atoms with Crippen LogP contribution >= 0.6 is 0 Å². The lowest BCUT2D eigenvalue weighted by atomic mass is 9.69. The first-order valence-electron chi connectivity index (χ1n) is 10.8. The Kier molecular flexibility index (Phi) is 6.20. The number of nitriles is 2. The molecule has 3 aromatic rings. The van der Waals surface area contributed by atoms with Gasteiger partial charge in [-0.2, -0.15) is 10.5 Å². The van der Waals surface area contributed by atoms with Gasteiger partial charge in [0.1, 0.15) is 0 Å². The second-order valence-corrected chi connectivity index (χ2v) is 7.72. The van der Waals surface area contributed by atoms with Crippen LogP contribution in [0.25, 0.3) is 5.57 Å². The van der Waals surface area contributed by atoms with Gasteiger partial charge in [0.15, 0.2) is 5.41 Å². The summed E-state index contributed by atoms with van der Waals surface area (Å²) in [5, 5.41) is 21.0. The van der Waals surface area contributed by atoms with Gasteiger partial charge in [-0.3, -0.25) is 0 Å². The fraction of sp³-hybridized carbons (Fsp3) is 0.138. The first-order chi connectivity index (χ1) is 16.2. The number of esters is 1. The van der Waals surface area contributed by atoms with Crippen LogP contribution in [0.15, 0.2) is 108 Å². The molecule has 0 bridgehead atoms. The summed E-state index contributed by atoms with van der Waals surface area (Å²) in [5.41, 5.74) is 2.40. The average molecular weight is 431 g/mol. The number of carbonyl (C=O) groups excluding carboxylic acids is 1. The molecule has 4 nitrogen and oxygen atoms in total.